The van der Waals surface area contributed by atoms with Crippen molar-refractivity contribution in [3.63, 3.8) is 0 Å². The van der Waals surface area contributed by atoms with Crippen molar-refractivity contribution in [2.75, 3.05) is 0 Å². The third-order valence-corrected chi connectivity index (χ3v) is 5.04. The van der Waals surface area contributed by atoms with E-state index in [1.54, 1.807) is 5.56 Å². The second kappa shape index (κ2) is 11.8. The van der Waals surface area contributed by atoms with E-state index in [0.29, 0.717) is 0 Å². The van der Waals surface area contributed by atoms with Gasteiger partial charge in [0.05, 0.1) is 0 Å². The van der Waals surface area contributed by atoms with Crippen molar-refractivity contribution in [3.8, 4) is 0 Å². The second-order valence-corrected chi connectivity index (χ2v) is 6.94. The topological polar surface area (TPSA) is 0 Å². The fourth-order valence-electron chi connectivity index (χ4n) is 2.53. The molecule has 1 heteroatoms. The third kappa shape index (κ3) is 8.74. The Balaban J connectivity index is 1.90. The minimum absolute atomic E-state index is 1.28. The van der Waals surface area contributed by atoms with E-state index in [2.05, 4.69) is 31.2 Å². The van der Waals surface area contributed by atoms with Gasteiger partial charge in [-0.1, -0.05) is 13.3 Å². The first kappa shape index (κ1) is 17.1. The minimum atomic E-state index is 1.28. The quantitative estimate of drug-likeness (QED) is 0.384. The Morgan fingerprint density at radius 2 is 1.26 bits per heavy atom. The summed E-state index contributed by atoms with van der Waals surface area (Å²) < 4.78 is 1.51. The van der Waals surface area contributed by atoms with Gasteiger partial charge in [0.2, 0.25) is 0 Å². The molecule has 0 saturated carbocycles. The molecule has 0 N–H and O–H groups in total. The molecule has 1 rings (SSSR count). The Bertz CT molecular complexity index is 319. The molecule has 1 aromatic carbocycles. The van der Waals surface area contributed by atoms with Crippen LogP contribution >= 0.6 is 0 Å². The van der Waals surface area contributed by atoms with Crippen LogP contribution in [0.4, 0.5) is 0 Å². The Morgan fingerprint density at radius 3 is 1.84 bits per heavy atom. The van der Waals surface area contributed by atoms with Crippen molar-refractivity contribution < 1.29 is 0 Å². The second-order valence-electron chi connectivity index (χ2n) is 5.56. The van der Waals surface area contributed by atoms with Crippen LogP contribution in [0.25, 0.3) is 0 Å². The van der Waals surface area contributed by atoms with Gasteiger partial charge in [0.25, 0.3) is 0 Å². The molecule has 0 heterocycles. The Morgan fingerprint density at radius 1 is 0.737 bits per heavy atom. The van der Waals surface area contributed by atoms with Crippen molar-refractivity contribution >= 4 is 26.5 Å². The summed E-state index contributed by atoms with van der Waals surface area (Å²) >= 11 is 1.86. The fraction of sp³-hybridized carbons (Fsp3) is 0.667. The summed E-state index contributed by atoms with van der Waals surface area (Å²) in [4.78, 5) is 0. The molecule has 19 heavy (non-hydrogen) atoms. The predicted molar refractivity (Wildman–Crippen MR) is 87.4 cm³/mol. The first-order chi connectivity index (χ1) is 9.34. The van der Waals surface area contributed by atoms with E-state index >= 15 is 0 Å². The normalized spacial score (nSPS) is 10.8. The van der Waals surface area contributed by atoms with Gasteiger partial charge < -0.3 is 0 Å². The summed E-state index contributed by atoms with van der Waals surface area (Å²) in [6, 6.07) is 8.87. The fourth-order valence-corrected chi connectivity index (χ4v) is 3.30. The zero-order chi connectivity index (χ0) is 13.8. The van der Waals surface area contributed by atoms with Gasteiger partial charge in [0, 0.05) is 0 Å². The van der Waals surface area contributed by atoms with E-state index in [9.17, 15) is 0 Å². The maximum atomic E-state index is 2.29. The molecule has 0 aromatic heterocycles. The molecule has 0 nitrogen and oxygen atoms in total. The van der Waals surface area contributed by atoms with Crippen LogP contribution in [0.5, 0.6) is 0 Å². The van der Waals surface area contributed by atoms with E-state index in [1.807, 2.05) is 23.0 Å². The monoisotopic (exact) mass is 366 g/mol. The summed E-state index contributed by atoms with van der Waals surface area (Å²) in [5.74, 6) is 0. The van der Waals surface area contributed by atoms with E-state index < -0.39 is 0 Å². The van der Waals surface area contributed by atoms with Crippen LogP contribution in [0.2, 0.25) is 0 Å². The molecule has 106 valence electrons. The summed E-state index contributed by atoms with van der Waals surface area (Å²) in [5.41, 5.74) is 1.57. The molecule has 0 amide bonds. The van der Waals surface area contributed by atoms with E-state index in [4.69, 9.17) is 0 Å². The van der Waals surface area contributed by atoms with Crippen LogP contribution in [-0.4, -0.2) is 23.0 Å². The number of benzene rings is 1. The third-order valence-electron chi connectivity index (χ3n) is 3.79. The van der Waals surface area contributed by atoms with Gasteiger partial charge in [-0.2, -0.15) is 0 Å². The SMILES string of the molecule is CCCCCCCCCCCCc1cccc[c]1[Sb]. The first-order valence-electron chi connectivity index (χ1n) is 8.11. The Hall–Kier alpha value is 0.0382. The predicted octanol–water partition coefficient (Wildman–Crippen LogP) is 4.94. The standard InChI is InChI=1S/C18H29.Sb/c1-2-3-4-5-6-7-8-9-10-12-15-18-16-13-11-14-17-18;/h11,13-14,16H,2-10,12,15H2,1H3;. The zero-order valence-corrected chi connectivity index (χ0v) is 15.1. The molecule has 0 bridgehead atoms. The molecule has 0 aliphatic heterocycles. The van der Waals surface area contributed by atoms with Gasteiger partial charge in [-0.15, -0.1) is 0 Å². The molecule has 0 unspecified atom stereocenters. The van der Waals surface area contributed by atoms with Crippen LogP contribution in [-0.2, 0) is 6.42 Å². The van der Waals surface area contributed by atoms with E-state index in [-0.39, 0.29) is 0 Å². The average molecular weight is 367 g/mol. The van der Waals surface area contributed by atoms with Crippen molar-refractivity contribution in [1.29, 1.82) is 0 Å². The van der Waals surface area contributed by atoms with E-state index in [0.717, 1.165) is 0 Å². The summed E-state index contributed by atoms with van der Waals surface area (Å²) in [6.45, 7) is 2.29. The summed E-state index contributed by atoms with van der Waals surface area (Å²) in [7, 11) is 0. The molecule has 0 atom stereocenters. The van der Waals surface area contributed by atoms with Crippen LogP contribution in [0, 0.1) is 0 Å². The van der Waals surface area contributed by atoms with Gasteiger partial charge in [0.15, 0.2) is 0 Å². The van der Waals surface area contributed by atoms with E-state index in [1.165, 1.54) is 74.1 Å². The van der Waals surface area contributed by atoms with Gasteiger partial charge in [-0.05, 0) is 0 Å². The maximum absolute atomic E-state index is 2.29. The van der Waals surface area contributed by atoms with Gasteiger partial charge in [-0.25, -0.2) is 0 Å². The molecule has 0 aliphatic carbocycles. The number of aryl methyl sites for hydroxylation is 1. The van der Waals surface area contributed by atoms with Crippen molar-refractivity contribution in [3.05, 3.63) is 29.8 Å². The number of rotatable bonds is 11. The first-order valence-corrected chi connectivity index (χ1v) is 9.39. The van der Waals surface area contributed by atoms with Crippen LogP contribution < -0.4 is 3.51 Å². The molecule has 2 radical (unpaired) electrons. The van der Waals surface area contributed by atoms with Crippen molar-refractivity contribution in [2.24, 2.45) is 0 Å². The van der Waals surface area contributed by atoms with Gasteiger partial charge in [-0.3, -0.25) is 0 Å². The molecule has 0 saturated heterocycles. The van der Waals surface area contributed by atoms with Crippen molar-refractivity contribution in [2.45, 2.75) is 77.6 Å². The van der Waals surface area contributed by atoms with Crippen LogP contribution in [0.1, 0.15) is 76.7 Å². The van der Waals surface area contributed by atoms with Crippen LogP contribution in [0.3, 0.4) is 0 Å². The molecule has 0 aliphatic rings. The number of hydrogen-bond donors (Lipinski definition) is 0. The zero-order valence-electron chi connectivity index (χ0n) is 12.5. The molecule has 0 fully saturated rings. The average Bonchev–Trinajstić information content (AvgIpc) is 2.43. The molecular formula is C18H29Sb. The van der Waals surface area contributed by atoms with Crippen molar-refractivity contribution in [1.82, 2.24) is 0 Å². The molecule has 0 spiro atoms. The summed E-state index contributed by atoms with van der Waals surface area (Å²) in [5, 5.41) is 0. The molecule has 1 aromatic rings. The van der Waals surface area contributed by atoms with Crippen LogP contribution in [0.15, 0.2) is 24.3 Å². The number of hydrogen-bond acceptors (Lipinski definition) is 0. The Kier molecular flexibility index (Phi) is 10.6. The van der Waals surface area contributed by atoms with Gasteiger partial charge >= 0.3 is 121 Å². The number of unbranched alkanes of at least 4 members (excludes halogenated alkanes) is 9. The van der Waals surface area contributed by atoms with Gasteiger partial charge in [0.1, 0.15) is 0 Å². The Labute approximate surface area is 133 Å². The summed E-state index contributed by atoms with van der Waals surface area (Å²) in [6.07, 6.45) is 15.6. The molecular weight excluding hydrogens is 338 g/mol.